The molecule has 8 aromatic rings. The topological polar surface area (TPSA) is 6.48 Å². The Hall–Kier alpha value is -7.16. The zero-order valence-corrected chi connectivity index (χ0v) is 36.0. The molecule has 0 atom stereocenters. The molecule has 0 saturated carbocycles. The van der Waals surface area contributed by atoms with Crippen LogP contribution >= 0.6 is 0 Å². The summed E-state index contributed by atoms with van der Waals surface area (Å²) in [6, 6.07) is 68.5. The summed E-state index contributed by atoms with van der Waals surface area (Å²) < 4.78 is 0. The smallest absolute Gasteiger partial charge is 0.0540 e. The third-order valence-corrected chi connectivity index (χ3v) is 11.6. The van der Waals surface area contributed by atoms with Crippen molar-refractivity contribution < 1.29 is 0 Å². The lowest BCUT2D eigenvalue weighted by Crippen LogP contribution is -2.21. The van der Waals surface area contributed by atoms with Gasteiger partial charge in [-0.15, -0.1) is 0 Å². The van der Waals surface area contributed by atoms with E-state index in [1.165, 1.54) is 72.1 Å². The Morgan fingerprint density at radius 1 is 0.443 bits per heavy atom. The van der Waals surface area contributed by atoms with Crippen LogP contribution in [0.5, 0.6) is 0 Å². The van der Waals surface area contributed by atoms with E-state index in [9.17, 15) is 0 Å². The van der Waals surface area contributed by atoms with E-state index in [0.717, 1.165) is 35.7 Å². The summed E-state index contributed by atoms with van der Waals surface area (Å²) in [5.41, 5.74) is 17.8. The first-order valence-electron chi connectivity index (χ1n) is 21.5. The summed E-state index contributed by atoms with van der Waals surface area (Å²) in [6.07, 6.45) is 9.03. The molecule has 61 heavy (non-hydrogen) atoms. The number of nitrogens with zero attached hydrogens (tertiary/aromatic N) is 2. The molecular formula is C59H54N2. The lowest BCUT2D eigenvalue weighted by Gasteiger charge is -2.28. The number of hydrogen-bond donors (Lipinski definition) is 0. The average molecular weight is 791 g/mol. The second-order valence-electron chi connectivity index (χ2n) is 15.8. The zero-order chi connectivity index (χ0) is 42.1. The van der Waals surface area contributed by atoms with Crippen molar-refractivity contribution in [3.05, 3.63) is 250 Å². The van der Waals surface area contributed by atoms with Crippen LogP contribution in [0.4, 0.5) is 22.7 Å². The normalized spacial score (nSPS) is 11.1. The predicted octanol–water partition coefficient (Wildman–Crippen LogP) is 15.8. The number of allylic oxidation sites excluding steroid dienone is 2. The number of hydrogen-bond acceptors (Lipinski definition) is 2. The summed E-state index contributed by atoms with van der Waals surface area (Å²) in [5.74, 6) is 0. The molecule has 0 fully saturated rings. The first kappa shape index (κ1) is 40.6. The lowest BCUT2D eigenvalue weighted by molar-refractivity contribution is 0.867. The number of benzene rings is 8. The largest absolute Gasteiger partial charge is 0.372 e. The highest BCUT2D eigenvalue weighted by atomic mass is 15.1. The minimum Gasteiger partial charge on any atom is -0.372 e. The first-order chi connectivity index (χ1) is 29.9. The quantitative estimate of drug-likeness (QED) is 0.0848. The second kappa shape index (κ2) is 18.8. The van der Waals surface area contributed by atoms with Gasteiger partial charge in [0.25, 0.3) is 0 Å². The van der Waals surface area contributed by atoms with Crippen molar-refractivity contribution in [3.8, 4) is 0 Å². The van der Waals surface area contributed by atoms with Crippen molar-refractivity contribution in [2.24, 2.45) is 0 Å². The van der Waals surface area contributed by atoms with Crippen LogP contribution < -0.4 is 9.80 Å². The fourth-order valence-corrected chi connectivity index (χ4v) is 8.12. The van der Waals surface area contributed by atoms with Gasteiger partial charge in [-0.2, -0.15) is 0 Å². The maximum absolute atomic E-state index is 2.42. The third-order valence-electron chi connectivity index (χ3n) is 11.6. The maximum atomic E-state index is 2.42. The molecule has 0 bridgehead atoms. The summed E-state index contributed by atoms with van der Waals surface area (Å²) in [6.45, 7) is 12.8. The van der Waals surface area contributed by atoms with E-state index < -0.39 is 0 Å². The molecule has 0 aliphatic carbocycles. The standard InChI is InChI=1S/C59H54N2/c1-6-60(7-2)54-38-39-56-58(42-54)49(19-14-20-55(47-15-10-8-11-16-47)48-17-12-9-13-18-48)33-40-59(56)61(52-34-25-45(5)26-35-52)53-36-27-46(28-37-53)41-57(50-29-21-43(3)22-30-50)51-31-23-44(4)24-32-51/h8-42H,6-7H2,1-5H3/b19-14+. The van der Waals surface area contributed by atoms with Gasteiger partial charge in [0, 0.05) is 35.5 Å². The van der Waals surface area contributed by atoms with Gasteiger partial charge in [-0.25, -0.2) is 0 Å². The first-order valence-corrected chi connectivity index (χ1v) is 21.5. The number of fused-ring (bicyclic) bond motifs is 1. The molecule has 300 valence electrons. The van der Waals surface area contributed by atoms with Gasteiger partial charge in [-0.1, -0.05) is 181 Å². The zero-order valence-electron chi connectivity index (χ0n) is 36.0. The highest BCUT2D eigenvalue weighted by Crippen LogP contribution is 2.42. The van der Waals surface area contributed by atoms with Crippen LogP contribution in [0.15, 0.2) is 200 Å². The van der Waals surface area contributed by atoms with Crippen LogP contribution in [0.1, 0.15) is 63.9 Å². The van der Waals surface area contributed by atoms with Crippen LogP contribution in [0, 0.1) is 20.8 Å². The van der Waals surface area contributed by atoms with Gasteiger partial charge in [0.05, 0.1) is 5.69 Å². The van der Waals surface area contributed by atoms with Gasteiger partial charge in [-0.05, 0) is 133 Å². The third kappa shape index (κ3) is 9.35. The summed E-state index contributed by atoms with van der Waals surface area (Å²) in [7, 11) is 0. The van der Waals surface area contributed by atoms with Gasteiger partial charge in [0.2, 0.25) is 0 Å². The van der Waals surface area contributed by atoms with Crippen molar-refractivity contribution in [1.82, 2.24) is 0 Å². The molecule has 2 nitrogen and oxygen atoms in total. The Balaban J connectivity index is 1.24. The molecule has 2 heteroatoms. The molecule has 8 rings (SSSR count). The molecular weight excluding hydrogens is 737 g/mol. The van der Waals surface area contributed by atoms with Crippen molar-refractivity contribution in [3.63, 3.8) is 0 Å². The Labute approximate surface area is 363 Å². The molecule has 0 aliphatic rings. The molecule has 0 heterocycles. The minimum atomic E-state index is 0.943. The Bertz CT molecular complexity index is 2700. The van der Waals surface area contributed by atoms with Crippen molar-refractivity contribution >= 4 is 56.8 Å². The molecule has 0 amide bonds. The van der Waals surface area contributed by atoms with Crippen molar-refractivity contribution in [1.29, 1.82) is 0 Å². The number of aryl methyl sites for hydroxylation is 3. The molecule has 0 spiro atoms. The monoisotopic (exact) mass is 790 g/mol. The maximum Gasteiger partial charge on any atom is 0.0540 e. The molecule has 0 N–H and O–H groups in total. The number of rotatable bonds is 13. The summed E-state index contributed by atoms with van der Waals surface area (Å²) >= 11 is 0. The Morgan fingerprint density at radius 3 is 1.44 bits per heavy atom. The summed E-state index contributed by atoms with van der Waals surface area (Å²) in [4.78, 5) is 4.83. The van der Waals surface area contributed by atoms with Gasteiger partial charge in [0.1, 0.15) is 0 Å². The van der Waals surface area contributed by atoms with E-state index in [1.54, 1.807) is 0 Å². The SMILES string of the molecule is CCN(CC)c1ccc2c(N(c3ccc(C)cc3)c3ccc(C=C(c4ccc(C)cc4)c4ccc(C)cc4)cc3)ccc(/C=C/C=C(c3ccccc3)c3ccccc3)c2c1. The molecule has 0 aromatic heterocycles. The molecule has 0 unspecified atom stereocenters. The van der Waals surface area contributed by atoms with Crippen LogP contribution in [-0.4, -0.2) is 13.1 Å². The summed E-state index contributed by atoms with van der Waals surface area (Å²) in [5, 5.41) is 2.41. The molecule has 8 aromatic carbocycles. The highest BCUT2D eigenvalue weighted by Gasteiger charge is 2.18. The van der Waals surface area contributed by atoms with Crippen LogP contribution in [0.25, 0.3) is 34.1 Å². The number of anilines is 4. The van der Waals surface area contributed by atoms with Crippen LogP contribution in [-0.2, 0) is 0 Å². The van der Waals surface area contributed by atoms with E-state index in [2.05, 4.69) is 257 Å². The van der Waals surface area contributed by atoms with E-state index in [-0.39, 0.29) is 0 Å². The minimum absolute atomic E-state index is 0.943. The van der Waals surface area contributed by atoms with Gasteiger partial charge in [0.15, 0.2) is 0 Å². The molecule has 0 radical (unpaired) electrons. The van der Waals surface area contributed by atoms with E-state index in [0.29, 0.717) is 0 Å². The van der Waals surface area contributed by atoms with Crippen molar-refractivity contribution in [2.45, 2.75) is 34.6 Å². The highest BCUT2D eigenvalue weighted by molar-refractivity contribution is 6.04. The van der Waals surface area contributed by atoms with Gasteiger partial charge < -0.3 is 9.80 Å². The van der Waals surface area contributed by atoms with Gasteiger partial charge in [-0.3, -0.25) is 0 Å². The average Bonchev–Trinajstić information content (AvgIpc) is 3.30. The predicted molar refractivity (Wildman–Crippen MR) is 265 cm³/mol. The molecule has 0 saturated heterocycles. The lowest BCUT2D eigenvalue weighted by atomic mass is 9.94. The Morgan fingerprint density at radius 2 is 0.918 bits per heavy atom. The van der Waals surface area contributed by atoms with Crippen LogP contribution in [0.3, 0.4) is 0 Å². The van der Waals surface area contributed by atoms with Crippen molar-refractivity contribution in [2.75, 3.05) is 22.9 Å². The molecule has 0 aliphatic heterocycles. The van der Waals surface area contributed by atoms with Gasteiger partial charge >= 0.3 is 0 Å². The fraction of sp³-hybridized carbons (Fsp3) is 0.119. The van der Waals surface area contributed by atoms with E-state index in [1.807, 2.05) is 0 Å². The van der Waals surface area contributed by atoms with E-state index in [4.69, 9.17) is 0 Å². The Kier molecular flexibility index (Phi) is 12.5. The van der Waals surface area contributed by atoms with E-state index >= 15 is 0 Å². The van der Waals surface area contributed by atoms with Crippen LogP contribution in [0.2, 0.25) is 0 Å². The fourth-order valence-electron chi connectivity index (χ4n) is 8.12. The second-order valence-corrected chi connectivity index (χ2v) is 15.8.